The largest absolute Gasteiger partial charge is 0.213 e. The minimum absolute atomic E-state index is 0.0161. The third-order valence-corrected chi connectivity index (χ3v) is 9.81. The van der Waals surface area contributed by atoms with Gasteiger partial charge in [-0.25, -0.2) is 0 Å². The van der Waals surface area contributed by atoms with Gasteiger partial charge in [-0.1, -0.05) is 133 Å². The second-order valence-electron chi connectivity index (χ2n) is 16.1. The highest BCUT2D eigenvalue weighted by Crippen LogP contribution is 2.39. The van der Waals surface area contributed by atoms with Crippen molar-refractivity contribution >= 4 is 0 Å². The summed E-state index contributed by atoms with van der Waals surface area (Å²) in [7, 11) is 0. The molecule has 0 aliphatic rings. The van der Waals surface area contributed by atoms with Crippen molar-refractivity contribution in [2.24, 2.45) is 0 Å². The normalized spacial score (nSPS) is 12.5. The van der Waals surface area contributed by atoms with E-state index in [2.05, 4.69) is 195 Å². The average molecular weight is 635 g/mol. The first-order valence-electron chi connectivity index (χ1n) is 17.8. The number of benzene rings is 4. The molecular weight excluding hydrogens is 579 g/mol. The van der Waals surface area contributed by atoms with Crippen molar-refractivity contribution in [2.75, 3.05) is 0 Å². The Hall–Kier alpha value is -4.23. The molecule has 0 aliphatic heterocycles. The van der Waals surface area contributed by atoms with Crippen LogP contribution in [0, 0.1) is 6.92 Å². The maximum Gasteiger partial charge on any atom is 0.213 e. The second kappa shape index (κ2) is 14.1. The number of pyridine rings is 1. The van der Waals surface area contributed by atoms with Gasteiger partial charge in [0.2, 0.25) is 5.69 Å². The maximum absolute atomic E-state index is 2.48. The molecule has 1 heterocycles. The Labute approximate surface area is 291 Å². The van der Waals surface area contributed by atoms with Gasteiger partial charge < -0.3 is 0 Å². The highest BCUT2D eigenvalue weighted by Gasteiger charge is 2.31. The van der Waals surface area contributed by atoms with Crippen LogP contribution in [-0.2, 0) is 16.4 Å². The molecule has 0 atom stereocenters. The van der Waals surface area contributed by atoms with Gasteiger partial charge in [0.1, 0.15) is 0 Å². The molecule has 0 N–H and O–H groups in total. The molecule has 248 valence electrons. The molecule has 0 amide bonds. The highest BCUT2D eigenvalue weighted by atomic mass is 15.0. The monoisotopic (exact) mass is 634 g/mol. The molecule has 0 saturated carbocycles. The van der Waals surface area contributed by atoms with E-state index in [0.717, 1.165) is 19.3 Å². The quantitative estimate of drug-likeness (QED) is 0.112. The standard InChI is InChI=1S/C47H56N/c1-11-12-13-15-29-47(9,10)48-30-16-14-20-44(48)42-32-37(22-21-34(42)2)36-18-17-19-38(31-36)41-28-27-40(46(6,7)8)33-43(41)35-23-25-39(26-24-35)45(3,4)5/h12-14,16-28,30-33H,11,15,29H2,1-10H3/q+1/b13-12-. The summed E-state index contributed by atoms with van der Waals surface area (Å²) in [5.41, 5.74) is 14.2. The Balaban J connectivity index is 1.58. The van der Waals surface area contributed by atoms with Crippen LogP contribution in [0.5, 0.6) is 0 Å². The number of hydrogen-bond acceptors (Lipinski definition) is 0. The van der Waals surface area contributed by atoms with E-state index in [-0.39, 0.29) is 16.4 Å². The molecule has 0 aliphatic carbocycles. The highest BCUT2D eigenvalue weighted by molar-refractivity contribution is 5.86. The van der Waals surface area contributed by atoms with Crippen molar-refractivity contribution in [2.45, 2.75) is 105 Å². The molecule has 0 saturated heterocycles. The fourth-order valence-electron chi connectivity index (χ4n) is 6.63. The average Bonchev–Trinajstić information content (AvgIpc) is 3.06. The van der Waals surface area contributed by atoms with Gasteiger partial charge in [0.15, 0.2) is 11.7 Å². The van der Waals surface area contributed by atoms with E-state index in [1.165, 1.54) is 61.3 Å². The fraction of sp³-hybridized carbons (Fsp3) is 0.340. The van der Waals surface area contributed by atoms with Crippen molar-refractivity contribution < 1.29 is 4.57 Å². The number of nitrogens with zero attached hydrogens (tertiary/aromatic N) is 1. The second-order valence-corrected chi connectivity index (χ2v) is 16.1. The fourth-order valence-corrected chi connectivity index (χ4v) is 6.63. The van der Waals surface area contributed by atoms with Crippen molar-refractivity contribution in [1.29, 1.82) is 0 Å². The van der Waals surface area contributed by atoms with Crippen molar-refractivity contribution in [3.63, 3.8) is 0 Å². The molecular formula is C47H56N+. The maximum atomic E-state index is 2.48. The van der Waals surface area contributed by atoms with E-state index in [1.807, 2.05) is 0 Å². The molecule has 4 aromatic carbocycles. The van der Waals surface area contributed by atoms with Gasteiger partial charge in [0.25, 0.3) is 0 Å². The minimum atomic E-state index is -0.0161. The number of rotatable bonds is 9. The molecule has 0 spiro atoms. The third-order valence-electron chi connectivity index (χ3n) is 9.81. The zero-order valence-corrected chi connectivity index (χ0v) is 31.1. The SMILES string of the molecule is CC/C=C\CCC(C)(C)[n+]1ccccc1-c1cc(-c2cccc(-c3ccc(C(C)(C)C)cc3-c3ccc(C(C)(C)C)cc3)c2)ccc1C. The van der Waals surface area contributed by atoms with Crippen molar-refractivity contribution in [1.82, 2.24) is 0 Å². The van der Waals surface area contributed by atoms with Crippen molar-refractivity contribution in [3.8, 4) is 44.6 Å². The third kappa shape index (κ3) is 7.90. The first-order chi connectivity index (χ1) is 22.7. The zero-order valence-electron chi connectivity index (χ0n) is 31.1. The summed E-state index contributed by atoms with van der Waals surface area (Å²) < 4.78 is 2.48. The van der Waals surface area contributed by atoms with Gasteiger partial charge in [0.05, 0.1) is 0 Å². The number of allylic oxidation sites excluding steroid dienone is 2. The molecule has 0 fully saturated rings. The van der Waals surface area contributed by atoms with Gasteiger partial charge in [-0.15, -0.1) is 0 Å². The van der Waals surface area contributed by atoms with Crippen LogP contribution in [0.15, 0.2) is 121 Å². The summed E-state index contributed by atoms with van der Waals surface area (Å²) in [6.45, 7) is 22.9. The minimum Gasteiger partial charge on any atom is -0.194 e. The molecule has 1 nitrogen and oxygen atoms in total. The predicted molar refractivity (Wildman–Crippen MR) is 209 cm³/mol. The Morgan fingerprint density at radius 3 is 1.88 bits per heavy atom. The summed E-state index contributed by atoms with van der Waals surface area (Å²) >= 11 is 0. The Morgan fingerprint density at radius 2 is 1.19 bits per heavy atom. The molecule has 5 aromatic rings. The lowest BCUT2D eigenvalue weighted by Gasteiger charge is -2.23. The van der Waals surface area contributed by atoms with Crippen LogP contribution in [0.2, 0.25) is 0 Å². The predicted octanol–water partition coefficient (Wildman–Crippen LogP) is 13.0. The van der Waals surface area contributed by atoms with Crippen LogP contribution in [0.3, 0.4) is 0 Å². The molecule has 1 heteroatoms. The lowest BCUT2D eigenvalue weighted by molar-refractivity contribution is -0.748. The number of hydrogen-bond donors (Lipinski definition) is 0. The summed E-state index contributed by atoms with van der Waals surface area (Å²) in [6, 6.07) is 38.9. The van der Waals surface area contributed by atoms with E-state index in [0.29, 0.717) is 0 Å². The molecule has 0 bridgehead atoms. The van der Waals surface area contributed by atoms with E-state index in [4.69, 9.17) is 0 Å². The van der Waals surface area contributed by atoms with E-state index < -0.39 is 0 Å². The first-order valence-corrected chi connectivity index (χ1v) is 17.8. The topological polar surface area (TPSA) is 3.88 Å². The van der Waals surface area contributed by atoms with Crippen LogP contribution in [-0.4, -0.2) is 0 Å². The first kappa shape index (κ1) is 35.1. The Morgan fingerprint density at radius 1 is 0.542 bits per heavy atom. The van der Waals surface area contributed by atoms with Crippen LogP contribution in [0.4, 0.5) is 0 Å². The molecule has 0 radical (unpaired) electrons. The van der Waals surface area contributed by atoms with E-state index >= 15 is 0 Å². The van der Waals surface area contributed by atoms with Crippen LogP contribution in [0.25, 0.3) is 44.6 Å². The van der Waals surface area contributed by atoms with Gasteiger partial charge in [-0.05, 0) is 98.9 Å². The molecule has 48 heavy (non-hydrogen) atoms. The van der Waals surface area contributed by atoms with Gasteiger partial charge in [0, 0.05) is 38.0 Å². The van der Waals surface area contributed by atoms with E-state index in [9.17, 15) is 0 Å². The van der Waals surface area contributed by atoms with E-state index in [1.54, 1.807) is 0 Å². The summed E-state index contributed by atoms with van der Waals surface area (Å²) in [5.74, 6) is 0. The van der Waals surface area contributed by atoms with Gasteiger partial charge in [-0.2, -0.15) is 4.57 Å². The van der Waals surface area contributed by atoms with Crippen molar-refractivity contribution in [3.05, 3.63) is 138 Å². The lowest BCUT2D eigenvalue weighted by atomic mass is 9.82. The van der Waals surface area contributed by atoms with Crippen LogP contribution in [0.1, 0.15) is 98.3 Å². The van der Waals surface area contributed by atoms with Crippen LogP contribution >= 0.6 is 0 Å². The zero-order chi connectivity index (χ0) is 34.7. The summed E-state index contributed by atoms with van der Waals surface area (Å²) in [4.78, 5) is 0. The smallest absolute Gasteiger partial charge is 0.194 e. The summed E-state index contributed by atoms with van der Waals surface area (Å²) in [5, 5.41) is 0. The van der Waals surface area contributed by atoms with Gasteiger partial charge in [-0.3, -0.25) is 0 Å². The molecule has 5 rings (SSSR count). The lowest BCUT2D eigenvalue weighted by Crippen LogP contribution is -2.53. The Bertz CT molecular complexity index is 1890. The molecule has 0 unspecified atom stereocenters. The number of aromatic nitrogens is 1. The van der Waals surface area contributed by atoms with Gasteiger partial charge >= 0.3 is 0 Å². The summed E-state index contributed by atoms with van der Waals surface area (Å²) in [6.07, 6.45) is 10.1. The van der Waals surface area contributed by atoms with Crippen LogP contribution < -0.4 is 4.57 Å². The molecule has 1 aromatic heterocycles. The Kier molecular flexibility index (Phi) is 10.3. The number of aryl methyl sites for hydroxylation is 1.